The fourth-order valence-electron chi connectivity index (χ4n) is 1.21. The number of carbonyl (C=O) groups is 1. The Balaban J connectivity index is 2.44. The maximum atomic E-state index is 11.6. The first-order valence-corrected chi connectivity index (χ1v) is 5.52. The molecule has 0 saturated heterocycles. The Morgan fingerprint density at radius 2 is 2.33 bits per heavy atom. The van der Waals surface area contributed by atoms with Gasteiger partial charge in [-0.3, -0.25) is 4.79 Å². The van der Waals surface area contributed by atoms with Gasteiger partial charge in [0.25, 0.3) is 5.91 Å². The molecule has 0 aliphatic heterocycles. The number of carbonyl (C=O) groups excluding carboxylic acids is 1. The standard InChI is InChI=1S/C11H15ClN2O/c1-2-3-4-7-14-11(15)10-9(12)6-5-8-13-10/h5-6,8H,2-4,7H2,1H3,(H,14,15). The molecule has 0 spiro atoms. The molecule has 1 heterocycles. The number of nitrogens with zero attached hydrogens (tertiary/aromatic N) is 1. The van der Waals surface area contributed by atoms with Crippen LogP contribution in [0.3, 0.4) is 0 Å². The van der Waals surface area contributed by atoms with Crippen molar-refractivity contribution in [3.05, 3.63) is 29.0 Å². The van der Waals surface area contributed by atoms with Crippen molar-refractivity contribution in [2.24, 2.45) is 0 Å². The first-order valence-electron chi connectivity index (χ1n) is 5.14. The minimum absolute atomic E-state index is 0.197. The summed E-state index contributed by atoms with van der Waals surface area (Å²) in [5, 5.41) is 3.18. The van der Waals surface area contributed by atoms with Crippen LogP contribution in [0.4, 0.5) is 0 Å². The number of hydrogen-bond donors (Lipinski definition) is 1. The Morgan fingerprint density at radius 1 is 1.53 bits per heavy atom. The minimum atomic E-state index is -0.197. The number of amides is 1. The molecule has 1 aromatic heterocycles. The maximum Gasteiger partial charge on any atom is 0.271 e. The van der Waals surface area contributed by atoms with Gasteiger partial charge in [-0.25, -0.2) is 4.98 Å². The Labute approximate surface area is 94.9 Å². The highest BCUT2D eigenvalue weighted by atomic mass is 35.5. The molecule has 82 valence electrons. The lowest BCUT2D eigenvalue weighted by Gasteiger charge is -2.04. The average Bonchev–Trinajstić information content (AvgIpc) is 2.25. The van der Waals surface area contributed by atoms with Crippen LogP contribution >= 0.6 is 11.6 Å². The molecule has 1 N–H and O–H groups in total. The largest absolute Gasteiger partial charge is 0.351 e. The molecule has 0 bridgehead atoms. The molecular weight excluding hydrogens is 212 g/mol. The van der Waals surface area contributed by atoms with Gasteiger partial charge in [0.2, 0.25) is 0 Å². The molecule has 0 aliphatic carbocycles. The van der Waals surface area contributed by atoms with Crippen molar-refractivity contribution in [3.63, 3.8) is 0 Å². The van der Waals surface area contributed by atoms with Crippen LogP contribution in [0.1, 0.15) is 36.7 Å². The van der Waals surface area contributed by atoms with E-state index in [9.17, 15) is 4.79 Å². The third-order valence-electron chi connectivity index (χ3n) is 2.04. The van der Waals surface area contributed by atoms with Crippen molar-refractivity contribution < 1.29 is 4.79 Å². The second-order valence-electron chi connectivity index (χ2n) is 3.30. The Hall–Kier alpha value is -1.09. The van der Waals surface area contributed by atoms with Crippen LogP contribution in [0.5, 0.6) is 0 Å². The Kier molecular flexibility index (Phi) is 5.12. The van der Waals surface area contributed by atoms with Crippen LogP contribution in [0, 0.1) is 0 Å². The zero-order chi connectivity index (χ0) is 11.1. The average molecular weight is 227 g/mol. The van der Waals surface area contributed by atoms with E-state index in [1.807, 2.05) is 0 Å². The number of halogens is 1. The Bertz CT molecular complexity index is 328. The topological polar surface area (TPSA) is 42.0 Å². The molecule has 1 rings (SSSR count). The Morgan fingerprint density at radius 3 is 3.00 bits per heavy atom. The molecule has 1 amide bonds. The molecule has 15 heavy (non-hydrogen) atoms. The highest BCUT2D eigenvalue weighted by Gasteiger charge is 2.09. The first-order chi connectivity index (χ1) is 7.25. The lowest BCUT2D eigenvalue weighted by molar-refractivity contribution is 0.0948. The van der Waals surface area contributed by atoms with E-state index in [2.05, 4.69) is 17.2 Å². The molecular formula is C11H15ClN2O. The predicted molar refractivity (Wildman–Crippen MR) is 61.1 cm³/mol. The number of nitrogens with one attached hydrogen (secondary N) is 1. The van der Waals surface area contributed by atoms with E-state index in [4.69, 9.17) is 11.6 Å². The highest BCUT2D eigenvalue weighted by Crippen LogP contribution is 2.11. The van der Waals surface area contributed by atoms with Gasteiger partial charge in [-0.15, -0.1) is 0 Å². The monoisotopic (exact) mass is 226 g/mol. The predicted octanol–water partition coefficient (Wildman–Crippen LogP) is 2.66. The number of pyridine rings is 1. The van der Waals surface area contributed by atoms with Gasteiger partial charge in [-0.2, -0.15) is 0 Å². The van der Waals surface area contributed by atoms with Gasteiger partial charge < -0.3 is 5.32 Å². The zero-order valence-electron chi connectivity index (χ0n) is 8.79. The molecule has 4 heteroatoms. The normalized spacial score (nSPS) is 10.0. The smallest absolute Gasteiger partial charge is 0.271 e. The van der Waals surface area contributed by atoms with E-state index in [1.165, 1.54) is 0 Å². The highest BCUT2D eigenvalue weighted by molar-refractivity contribution is 6.33. The number of unbranched alkanes of at least 4 members (excludes halogenated alkanes) is 2. The zero-order valence-corrected chi connectivity index (χ0v) is 9.55. The van der Waals surface area contributed by atoms with E-state index in [0.29, 0.717) is 17.3 Å². The number of aromatic nitrogens is 1. The van der Waals surface area contributed by atoms with E-state index in [-0.39, 0.29) is 5.91 Å². The van der Waals surface area contributed by atoms with E-state index in [0.717, 1.165) is 19.3 Å². The van der Waals surface area contributed by atoms with Gasteiger partial charge in [0, 0.05) is 12.7 Å². The lowest BCUT2D eigenvalue weighted by atomic mass is 10.2. The second-order valence-corrected chi connectivity index (χ2v) is 3.70. The summed E-state index contributed by atoms with van der Waals surface area (Å²) in [6, 6.07) is 3.37. The summed E-state index contributed by atoms with van der Waals surface area (Å²) >= 11 is 5.84. The van der Waals surface area contributed by atoms with Crippen LogP contribution in [0.15, 0.2) is 18.3 Å². The summed E-state index contributed by atoms with van der Waals surface area (Å²) < 4.78 is 0. The van der Waals surface area contributed by atoms with E-state index in [1.54, 1.807) is 18.3 Å². The molecule has 0 saturated carbocycles. The van der Waals surface area contributed by atoms with Crippen molar-refractivity contribution >= 4 is 17.5 Å². The fourth-order valence-corrected chi connectivity index (χ4v) is 1.42. The number of rotatable bonds is 5. The van der Waals surface area contributed by atoms with E-state index >= 15 is 0 Å². The third kappa shape index (κ3) is 3.88. The van der Waals surface area contributed by atoms with Gasteiger partial charge in [0.05, 0.1) is 5.02 Å². The fraction of sp³-hybridized carbons (Fsp3) is 0.455. The lowest BCUT2D eigenvalue weighted by Crippen LogP contribution is -2.25. The molecule has 0 aromatic carbocycles. The van der Waals surface area contributed by atoms with Crippen LogP contribution in [-0.2, 0) is 0 Å². The molecule has 3 nitrogen and oxygen atoms in total. The van der Waals surface area contributed by atoms with Crippen LogP contribution < -0.4 is 5.32 Å². The molecule has 0 radical (unpaired) electrons. The molecule has 0 atom stereocenters. The summed E-state index contributed by atoms with van der Waals surface area (Å²) in [6.07, 6.45) is 4.82. The first kappa shape index (κ1) is 12.0. The quantitative estimate of drug-likeness (QED) is 0.785. The molecule has 0 aliphatic rings. The number of hydrogen-bond acceptors (Lipinski definition) is 2. The van der Waals surface area contributed by atoms with Crippen molar-refractivity contribution in [2.45, 2.75) is 26.2 Å². The summed E-state index contributed by atoms with van der Waals surface area (Å²) in [7, 11) is 0. The van der Waals surface area contributed by atoms with Gasteiger partial charge in [-0.1, -0.05) is 31.4 Å². The van der Waals surface area contributed by atoms with E-state index < -0.39 is 0 Å². The van der Waals surface area contributed by atoms with Crippen LogP contribution in [0.2, 0.25) is 5.02 Å². The molecule has 0 fully saturated rings. The van der Waals surface area contributed by atoms with Crippen molar-refractivity contribution in [1.29, 1.82) is 0 Å². The summed E-state index contributed by atoms with van der Waals surface area (Å²) in [5.74, 6) is -0.197. The van der Waals surface area contributed by atoms with Crippen LogP contribution in [0.25, 0.3) is 0 Å². The summed E-state index contributed by atoms with van der Waals surface area (Å²) in [5.41, 5.74) is 0.302. The second kappa shape index (κ2) is 6.40. The molecule has 1 aromatic rings. The summed E-state index contributed by atoms with van der Waals surface area (Å²) in [6.45, 7) is 2.80. The van der Waals surface area contributed by atoms with Crippen molar-refractivity contribution in [1.82, 2.24) is 10.3 Å². The van der Waals surface area contributed by atoms with Gasteiger partial charge in [-0.05, 0) is 18.6 Å². The SMILES string of the molecule is CCCCCNC(=O)c1ncccc1Cl. The van der Waals surface area contributed by atoms with Gasteiger partial charge in [0.15, 0.2) is 0 Å². The maximum absolute atomic E-state index is 11.6. The van der Waals surface area contributed by atoms with Gasteiger partial charge in [0.1, 0.15) is 5.69 Å². The van der Waals surface area contributed by atoms with Crippen molar-refractivity contribution in [3.8, 4) is 0 Å². The third-order valence-corrected chi connectivity index (χ3v) is 2.34. The van der Waals surface area contributed by atoms with Crippen molar-refractivity contribution in [2.75, 3.05) is 6.54 Å². The van der Waals surface area contributed by atoms with Gasteiger partial charge >= 0.3 is 0 Å². The van der Waals surface area contributed by atoms with Crippen LogP contribution in [-0.4, -0.2) is 17.4 Å². The summed E-state index contributed by atoms with van der Waals surface area (Å²) in [4.78, 5) is 15.5. The molecule has 0 unspecified atom stereocenters. The minimum Gasteiger partial charge on any atom is -0.351 e.